The van der Waals surface area contributed by atoms with E-state index < -0.39 is 6.09 Å². The standard InChI is InChI=1S/C24H26ClN5O2/c1-2-3-11-27-15-28-23-20-13-17(19-12-16(14-26)7-9-21(19)25)8-10-22(20)30(29-23)24(31)32-18-5-4-6-18/h7-10,12-13,18,27H,2-6,11,15H2,1H3,(H,28,29). The molecule has 0 spiro atoms. The number of rotatable bonds is 8. The van der Waals surface area contributed by atoms with Crippen LogP contribution in [-0.4, -0.2) is 35.2 Å². The number of hydrogen-bond acceptors (Lipinski definition) is 6. The molecule has 3 aromatic rings. The molecule has 0 bridgehead atoms. The fourth-order valence-corrected chi connectivity index (χ4v) is 3.82. The van der Waals surface area contributed by atoms with Crippen LogP contribution in [-0.2, 0) is 4.74 Å². The smallest absolute Gasteiger partial charge is 0.435 e. The second-order valence-electron chi connectivity index (χ2n) is 7.94. The lowest BCUT2D eigenvalue weighted by molar-refractivity contribution is 0.0521. The molecule has 0 atom stereocenters. The summed E-state index contributed by atoms with van der Waals surface area (Å²) in [6.45, 7) is 3.57. The van der Waals surface area contributed by atoms with Crippen LogP contribution in [0.2, 0.25) is 5.02 Å². The van der Waals surface area contributed by atoms with Gasteiger partial charge in [0.2, 0.25) is 0 Å². The maximum absolute atomic E-state index is 12.8. The van der Waals surface area contributed by atoms with E-state index in [9.17, 15) is 10.1 Å². The van der Waals surface area contributed by atoms with Crippen molar-refractivity contribution in [3.8, 4) is 17.2 Å². The van der Waals surface area contributed by atoms with Crippen LogP contribution >= 0.6 is 11.6 Å². The van der Waals surface area contributed by atoms with Crippen LogP contribution in [0.4, 0.5) is 10.6 Å². The van der Waals surface area contributed by atoms with Crippen LogP contribution in [0.1, 0.15) is 44.6 Å². The first-order valence-corrected chi connectivity index (χ1v) is 11.4. The van der Waals surface area contributed by atoms with Gasteiger partial charge in [0.25, 0.3) is 0 Å². The predicted octanol–water partition coefficient (Wildman–Crippen LogP) is 5.52. The predicted molar refractivity (Wildman–Crippen MR) is 126 cm³/mol. The molecule has 1 heterocycles. The molecule has 1 aromatic heterocycles. The number of halogens is 1. The highest BCUT2D eigenvalue weighted by atomic mass is 35.5. The van der Waals surface area contributed by atoms with Gasteiger partial charge in [-0.1, -0.05) is 31.0 Å². The zero-order chi connectivity index (χ0) is 22.5. The first-order chi connectivity index (χ1) is 15.6. The van der Waals surface area contributed by atoms with E-state index in [-0.39, 0.29) is 6.10 Å². The Bertz CT molecular complexity index is 1160. The number of nitrogens with one attached hydrogen (secondary N) is 2. The lowest BCUT2D eigenvalue weighted by Gasteiger charge is -2.24. The van der Waals surface area contributed by atoms with E-state index in [1.54, 1.807) is 18.2 Å². The number of anilines is 1. The third-order valence-electron chi connectivity index (χ3n) is 5.67. The van der Waals surface area contributed by atoms with Gasteiger partial charge in [0.1, 0.15) is 6.10 Å². The van der Waals surface area contributed by atoms with Crippen molar-refractivity contribution in [2.24, 2.45) is 0 Å². The van der Waals surface area contributed by atoms with Crippen molar-refractivity contribution in [3.05, 3.63) is 47.0 Å². The van der Waals surface area contributed by atoms with Crippen molar-refractivity contribution in [2.45, 2.75) is 45.1 Å². The minimum atomic E-state index is -0.469. The second kappa shape index (κ2) is 10.0. The van der Waals surface area contributed by atoms with Crippen molar-refractivity contribution in [3.63, 3.8) is 0 Å². The average Bonchev–Trinajstić information content (AvgIpc) is 3.14. The van der Waals surface area contributed by atoms with Crippen LogP contribution in [0.3, 0.4) is 0 Å². The molecule has 1 saturated carbocycles. The van der Waals surface area contributed by atoms with E-state index in [1.165, 1.54) is 4.68 Å². The number of nitrogens with zero attached hydrogens (tertiary/aromatic N) is 3. The van der Waals surface area contributed by atoms with Gasteiger partial charge < -0.3 is 15.4 Å². The summed E-state index contributed by atoms with van der Waals surface area (Å²) in [5.74, 6) is 0.587. The number of hydrogen-bond donors (Lipinski definition) is 2. The number of ether oxygens (including phenoxy) is 1. The Morgan fingerprint density at radius 3 is 2.88 bits per heavy atom. The fourth-order valence-electron chi connectivity index (χ4n) is 3.59. The number of unbranched alkanes of at least 4 members (excludes halogenated alkanes) is 1. The van der Waals surface area contributed by atoms with Gasteiger partial charge in [0, 0.05) is 16.0 Å². The molecule has 1 fully saturated rings. The summed E-state index contributed by atoms with van der Waals surface area (Å²) >= 11 is 6.42. The van der Waals surface area contributed by atoms with E-state index in [0.29, 0.717) is 28.6 Å². The number of carbonyl (C=O) groups excluding carboxylic acids is 1. The summed E-state index contributed by atoms with van der Waals surface area (Å²) in [4.78, 5) is 12.8. The highest BCUT2D eigenvalue weighted by molar-refractivity contribution is 6.33. The largest absolute Gasteiger partial charge is 0.445 e. The molecule has 8 heteroatoms. The zero-order valence-corrected chi connectivity index (χ0v) is 18.8. The molecule has 32 heavy (non-hydrogen) atoms. The van der Waals surface area contributed by atoms with Crippen molar-refractivity contribution in [2.75, 3.05) is 18.5 Å². The van der Waals surface area contributed by atoms with Crippen molar-refractivity contribution in [1.82, 2.24) is 15.1 Å². The molecule has 0 aliphatic heterocycles. The Morgan fingerprint density at radius 2 is 2.16 bits per heavy atom. The van der Waals surface area contributed by atoms with E-state index >= 15 is 0 Å². The van der Waals surface area contributed by atoms with E-state index in [0.717, 1.165) is 55.2 Å². The average molecular weight is 452 g/mol. The topological polar surface area (TPSA) is 92.0 Å². The molecule has 0 saturated heterocycles. The third-order valence-corrected chi connectivity index (χ3v) is 6.00. The van der Waals surface area contributed by atoms with Crippen LogP contribution in [0.15, 0.2) is 36.4 Å². The first kappa shape index (κ1) is 22.1. The summed E-state index contributed by atoms with van der Waals surface area (Å²) in [5, 5.41) is 21.7. The lowest BCUT2D eigenvalue weighted by Crippen LogP contribution is -2.28. The molecule has 7 nitrogen and oxygen atoms in total. The van der Waals surface area contributed by atoms with Gasteiger partial charge in [-0.25, -0.2) is 4.79 Å². The molecular formula is C24H26ClN5O2. The van der Waals surface area contributed by atoms with Crippen molar-refractivity contribution < 1.29 is 9.53 Å². The molecule has 1 aliphatic rings. The van der Waals surface area contributed by atoms with Crippen molar-refractivity contribution >= 4 is 34.4 Å². The molecule has 0 radical (unpaired) electrons. The number of carbonyl (C=O) groups is 1. The molecule has 1 aliphatic carbocycles. The molecule has 0 amide bonds. The maximum Gasteiger partial charge on any atom is 0.435 e. The Balaban J connectivity index is 1.69. The Kier molecular flexibility index (Phi) is 6.93. The maximum atomic E-state index is 12.8. The summed E-state index contributed by atoms with van der Waals surface area (Å²) in [6, 6.07) is 13.0. The molecule has 166 valence electrons. The second-order valence-corrected chi connectivity index (χ2v) is 8.35. The Hall–Kier alpha value is -3.08. The molecule has 2 N–H and O–H groups in total. The monoisotopic (exact) mass is 451 g/mol. The number of benzene rings is 2. The minimum absolute atomic E-state index is 0.0272. The molecule has 4 rings (SSSR count). The highest BCUT2D eigenvalue weighted by Gasteiger charge is 2.25. The van der Waals surface area contributed by atoms with Gasteiger partial charge in [-0.15, -0.1) is 5.10 Å². The van der Waals surface area contributed by atoms with Crippen LogP contribution in [0, 0.1) is 11.3 Å². The van der Waals surface area contributed by atoms with E-state index in [2.05, 4.69) is 28.7 Å². The Labute approximate surface area is 192 Å². The normalized spacial score (nSPS) is 13.5. The number of fused-ring (bicyclic) bond motifs is 1. The van der Waals surface area contributed by atoms with Gasteiger partial charge in [-0.2, -0.15) is 9.94 Å². The molecule has 0 unspecified atom stereocenters. The van der Waals surface area contributed by atoms with Gasteiger partial charge in [0.05, 0.1) is 23.8 Å². The number of aromatic nitrogens is 2. The third kappa shape index (κ3) is 4.72. The summed E-state index contributed by atoms with van der Waals surface area (Å²) in [7, 11) is 0. The SMILES string of the molecule is CCCCNCNc1nn(C(=O)OC2CCC2)c2ccc(-c3cc(C#N)ccc3Cl)cc12. The highest BCUT2D eigenvalue weighted by Crippen LogP contribution is 2.34. The zero-order valence-electron chi connectivity index (χ0n) is 18.0. The lowest BCUT2D eigenvalue weighted by atomic mass is 9.96. The fraction of sp³-hybridized carbons (Fsp3) is 0.375. The summed E-state index contributed by atoms with van der Waals surface area (Å²) in [5.41, 5.74) is 2.78. The summed E-state index contributed by atoms with van der Waals surface area (Å²) in [6.07, 6.45) is 4.58. The molecular weight excluding hydrogens is 426 g/mol. The quantitative estimate of drug-likeness (QED) is 0.346. The van der Waals surface area contributed by atoms with Gasteiger partial charge in [-0.3, -0.25) is 0 Å². The molecule has 2 aromatic carbocycles. The van der Waals surface area contributed by atoms with Gasteiger partial charge in [-0.05, 0) is 68.1 Å². The van der Waals surface area contributed by atoms with Gasteiger partial charge in [0.15, 0.2) is 5.82 Å². The minimum Gasteiger partial charge on any atom is -0.445 e. The number of nitriles is 1. The van der Waals surface area contributed by atoms with Crippen LogP contribution < -0.4 is 10.6 Å². The first-order valence-electron chi connectivity index (χ1n) is 11.0. The summed E-state index contributed by atoms with van der Waals surface area (Å²) < 4.78 is 6.90. The van der Waals surface area contributed by atoms with E-state index in [1.807, 2.05) is 18.2 Å². The van der Waals surface area contributed by atoms with Crippen LogP contribution in [0.5, 0.6) is 0 Å². The Morgan fingerprint density at radius 1 is 1.31 bits per heavy atom. The van der Waals surface area contributed by atoms with Crippen LogP contribution in [0.25, 0.3) is 22.0 Å². The van der Waals surface area contributed by atoms with Crippen molar-refractivity contribution in [1.29, 1.82) is 5.26 Å². The van der Waals surface area contributed by atoms with Gasteiger partial charge >= 0.3 is 6.09 Å². The van der Waals surface area contributed by atoms with E-state index in [4.69, 9.17) is 16.3 Å².